The van der Waals surface area contributed by atoms with E-state index >= 15 is 0 Å². The number of hydrogen-bond acceptors (Lipinski definition) is 5. The van der Waals surface area contributed by atoms with Crippen molar-refractivity contribution in [3.05, 3.63) is 17.5 Å². The Labute approximate surface area is 112 Å². The molecule has 6 heteroatoms. The standard InChI is InChI=1S/C12H19ClN2O3/c1-10-11(8-13)9-14-12(15-10)18-7-6-17-5-3-4-16-2/h9H,3-8H2,1-2H3. The normalized spacial score (nSPS) is 10.6. The predicted octanol–water partition coefficient (Wildman–Crippen LogP) is 1.96. The molecule has 0 aliphatic heterocycles. The third kappa shape index (κ3) is 5.62. The second-order valence-electron chi connectivity index (χ2n) is 3.70. The highest BCUT2D eigenvalue weighted by Crippen LogP contribution is 2.10. The Hall–Kier alpha value is -0.910. The van der Waals surface area contributed by atoms with Gasteiger partial charge in [0.1, 0.15) is 6.61 Å². The minimum absolute atomic E-state index is 0.363. The van der Waals surface area contributed by atoms with Gasteiger partial charge in [-0.15, -0.1) is 11.6 Å². The van der Waals surface area contributed by atoms with Gasteiger partial charge in [0.15, 0.2) is 0 Å². The van der Waals surface area contributed by atoms with Crippen molar-refractivity contribution < 1.29 is 14.2 Å². The summed E-state index contributed by atoms with van der Waals surface area (Å²) in [5.74, 6) is 0.411. The highest BCUT2D eigenvalue weighted by atomic mass is 35.5. The van der Waals surface area contributed by atoms with Crippen molar-refractivity contribution in [2.24, 2.45) is 0 Å². The van der Waals surface area contributed by atoms with E-state index in [0.29, 0.717) is 38.3 Å². The van der Waals surface area contributed by atoms with Gasteiger partial charge in [-0.2, -0.15) is 0 Å². The maximum Gasteiger partial charge on any atom is 0.316 e. The maximum atomic E-state index is 5.72. The Morgan fingerprint density at radius 2 is 2.06 bits per heavy atom. The number of hydrogen-bond donors (Lipinski definition) is 0. The zero-order valence-corrected chi connectivity index (χ0v) is 11.6. The van der Waals surface area contributed by atoms with Crippen molar-refractivity contribution in [1.82, 2.24) is 9.97 Å². The van der Waals surface area contributed by atoms with E-state index in [0.717, 1.165) is 17.7 Å². The Bertz CT molecular complexity index is 350. The van der Waals surface area contributed by atoms with Crippen LogP contribution in [0.1, 0.15) is 17.7 Å². The van der Waals surface area contributed by atoms with E-state index in [9.17, 15) is 0 Å². The minimum atomic E-state index is 0.363. The summed E-state index contributed by atoms with van der Waals surface area (Å²) in [5, 5.41) is 0. The van der Waals surface area contributed by atoms with Gasteiger partial charge in [0, 0.05) is 37.8 Å². The highest BCUT2D eigenvalue weighted by molar-refractivity contribution is 6.17. The molecule has 0 radical (unpaired) electrons. The number of rotatable bonds is 9. The first-order valence-electron chi connectivity index (χ1n) is 5.86. The van der Waals surface area contributed by atoms with Crippen molar-refractivity contribution in [3.8, 4) is 6.01 Å². The van der Waals surface area contributed by atoms with Gasteiger partial charge in [-0.3, -0.25) is 0 Å². The van der Waals surface area contributed by atoms with Crippen LogP contribution in [0.4, 0.5) is 0 Å². The van der Waals surface area contributed by atoms with Crippen molar-refractivity contribution in [1.29, 1.82) is 0 Å². The van der Waals surface area contributed by atoms with E-state index < -0.39 is 0 Å². The van der Waals surface area contributed by atoms with Crippen molar-refractivity contribution in [2.75, 3.05) is 33.5 Å². The Morgan fingerprint density at radius 1 is 1.22 bits per heavy atom. The molecule has 1 rings (SSSR count). The molecular weight excluding hydrogens is 256 g/mol. The second kappa shape index (κ2) is 9.08. The van der Waals surface area contributed by atoms with Crippen molar-refractivity contribution in [3.63, 3.8) is 0 Å². The largest absolute Gasteiger partial charge is 0.461 e. The van der Waals surface area contributed by atoms with Crippen LogP contribution in [0.5, 0.6) is 6.01 Å². The van der Waals surface area contributed by atoms with Gasteiger partial charge in [-0.25, -0.2) is 9.97 Å². The molecule has 0 aliphatic carbocycles. The first kappa shape index (κ1) is 15.1. The summed E-state index contributed by atoms with van der Waals surface area (Å²) in [7, 11) is 1.67. The zero-order chi connectivity index (χ0) is 13.2. The molecule has 0 amide bonds. The molecule has 0 spiro atoms. The van der Waals surface area contributed by atoms with Crippen LogP contribution in [0.2, 0.25) is 0 Å². The van der Waals surface area contributed by atoms with E-state index in [-0.39, 0.29) is 0 Å². The molecule has 0 fully saturated rings. The lowest BCUT2D eigenvalue weighted by Gasteiger charge is -2.07. The number of methoxy groups -OCH3 is 1. The van der Waals surface area contributed by atoms with Gasteiger partial charge in [-0.05, 0) is 13.3 Å². The molecule has 102 valence electrons. The van der Waals surface area contributed by atoms with Crippen LogP contribution < -0.4 is 4.74 Å². The molecule has 1 aromatic rings. The fourth-order valence-electron chi connectivity index (χ4n) is 1.27. The highest BCUT2D eigenvalue weighted by Gasteiger charge is 2.03. The SMILES string of the molecule is COCCCOCCOc1ncc(CCl)c(C)n1. The number of halogens is 1. The van der Waals surface area contributed by atoms with Crippen LogP contribution in [-0.4, -0.2) is 43.5 Å². The fraction of sp³-hybridized carbons (Fsp3) is 0.667. The van der Waals surface area contributed by atoms with Crippen molar-refractivity contribution >= 4 is 11.6 Å². The monoisotopic (exact) mass is 274 g/mol. The molecule has 18 heavy (non-hydrogen) atoms. The molecule has 1 heterocycles. The molecule has 0 N–H and O–H groups in total. The lowest BCUT2D eigenvalue weighted by atomic mass is 10.3. The van der Waals surface area contributed by atoms with Crippen LogP contribution >= 0.6 is 11.6 Å². The molecule has 0 unspecified atom stereocenters. The molecule has 0 saturated heterocycles. The number of aromatic nitrogens is 2. The zero-order valence-electron chi connectivity index (χ0n) is 10.8. The van der Waals surface area contributed by atoms with E-state index in [2.05, 4.69) is 9.97 Å². The van der Waals surface area contributed by atoms with Gasteiger partial charge >= 0.3 is 6.01 Å². The van der Waals surface area contributed by atoms with Gasteiger partial charge in [-0.1, -0.05) is 0 Å². The third-order valence-electron chi connectivity index (χ3n) is 2.30. The molecule has 5 nitrogen and oxygen atoms in total. The van der Waals surface area contributed by atoms with Gasteiger partial charge in [0.05, 0.1) is 12.5 Å². The summed E-state index contributed by atoms with van der Waals surface area (Å²) >= 11 is 5.72. The minimum Gasteiger partial charge on any atom is -0.461 e. The Balaban J connectivity index is 2.17. The lowest BCUT2D eigenvalue weighted by molar-refractivity contribution is 0.0782. The van der Waals surface area contributed by atoms with Crippen LogP contribution in [0.15, 0.2) is 6.20 Å². The lowest BCUT2D eigenvalue weighted by Crippen LogP contribution is -2.10. The van der Waals surface area contributed by atoms with Crippen LogP contribution in [0, 0.1) is 6.92 Å². The summed E-state index contributed by atoms with van der Waals surface area (Å²) in [6.45, 7) is 4.22. The van der Waals surface area contributed by atoms with Crippen LogP contribution in [-0.2, 0) is 15.4 Å². The molecule has 0 saturated carbocycles. The predicted molar refractivity (Wildman–Crippen MR) is 69.1 cm³/mol. The molecule has 0 aromatic carbocycles. The Morgan fingerprint density at radius 3 is 2.72 bits per heavy atom. The summed E-state index contributed by atoms with van der Waals surface area (Å²) < 4.78 is 15.6. The average molecular weight is 275 g/mol. The second-order valence-corrected chi connectivity index (χ2v) is 3.97. The molecule has 0 atom stereocenters. The third-order valence-corrected chi connectivity index (χ3v) is 2.59. The maximum absolute atomic E-state index is 5.72. The van der Waals surface area contributed by atoms with Gasteiger partial charge in [0.2, 0.25) is 0 Å². The first-order valence-corrected chi connectivity index (χ1v) is 6.39. The van der Waals surface area contributed by atoms with Crippen LogP contribution in [0.25, 0.3) is 0 Å². The molecule has 0 bridgehead atoms. The van der Waals surface area contributed by atoms with Crippen LogP contribution in [0.3, 0.4) is 0 Å². The van der Waals surface area contributed by atoms with Gasteiger partial charge in [0.25, 0.3) is 0 Å². The number of aryl methyl sites for hydroxylation is 1. The summed E-state index contributed by atoms with van der Waals surface area (Å²) in [5.41, 5.74) is 1.76. The van der Waals surface area contributed by atoms with E-state index in [1.807, 2.05) is 6.92 Å². The first-order chi connectivity index (χ1) is 8.77. The van der Waals surface area contributed by atoms with Crippen molar-refractivity contribution in [2.45, 2.75) is 19.2 Å². The summed E-state index contributed by atoms with van der Waals surface area (Å²) in [6, 6.07) is 0.363. The summed E-state index contributed by atoms with van der Waals surface area (Å²) in [6.07, 6.45) is 2.57. The number of nitrogens with zero attached hydrogens (tertiary/aromatic N) is 2. The topological polar surface area (TPSA) is 53.5 Å². The van der Waals surface area contributed by atoms with E-state index in [4.69, 9.17) is 25.8 Å². The van der Waals surface area contributed by atoms with E-state index in [1.54, 1.807) is 13.3 Å². The molecular formula is C12H19ClN2O3. The molecule has 1 aromatic heterocycles. The van der Waals surface area contributed by atoms with E-state index in [1.165, 1.54) is 0 Å². The summed E-state index contributed by atoms with van der Waals surface area (Å²) in [4.78, 5) is 8.26. The number of ether oxygens (including phenoxy) is 3. The smallest absolute Gasteiger partial charge is 0.316 e. The fourth-order valence-corrected chi connectivity index (χ4v) is 1.53. The number of alkyl halides is 1. The van der Waals surface area contributed by atoms with Gasteiger partial charge < -0.3 is 14.2 Å². The average Bonchev–Trinajstić information content (AvgIpc) is 2.38. The Kier molecular flexibility index (Phi) is 7.64. The quantitative estimate of drug-likeness (QED) is 0.509. The molecule has 0 aliphatic rings.